The predicted octanol–water partition coefficient (Wildman–Crippen LogP) is 3.00. The van der Waals surface area contributed by atoms with Crippen molar-refractivity contribution in [2.24, 2.45) is 12.0 Å². The first-order valence-electron chi connectivity index (χ1n) is 7.79. The number of amides is 1. The van der Waals surface area contributed by atoms with Gasteiger partial charge in [0.25, 0.3) is 5.91 Å². The Morgan fingerprint density at radius 1 is 1.16 bits per heavy atom. The molecule has 0 aliphatic heterocycles. The zero-order valence-electron chi connectivity index (χ0n) is 14.3. The van der Waals surface area contributed by atoms with E-state index in [0.717, 1.165) is 21.3 Å². The van der Waals surface area contributed by atoms with Gasteiger partial charge in [-0.3, -0.25) is 4.79 Å². The number of hydrogen-bond donors (Lipinski definition) is 0. The van der Waals surface area contributed by atoms with Crippen molar-refractivity contribution in [3.63, 3.8) is 0 Å². The molecule has 25 heavy (non-hydrogen) atoms. The van der Waals surface area contributed by atoms with Gasteiger partial charge in [-0.1, -0.05) is 41.2 Å². The van der Waals surface area contributed by atoms with Crippen molar-refractivity contribution < 1.29 is 14.3 Å². The number of ether oxygens (including phenoxy) is 1. The molecule has 0 N–H and O–H groups in total. The van der Waals surface area contributed by atoms with Gasteiger partial charge >= 0.3 is 5.97 Å². The van der Waals surface area contributed by atoms with E-state index in [4.69, 9.17) is 4.74 Å². The van der Waals surface area contributed by atoms with Gasteiger partial charge in [-0.15, -0.1) is 0 Å². The molecule has 0 fully saturated rings. The van der Waals surface area contributed by atoms with E-state index < -0.39 is 0 Å². The van der Waals surface area contributed by atoms with Crippen LogP contribution in [0.15, 0.2) is 47.5 Å². The number of methoxy groups -OCH3 is 1. The van der Waals surface area contributed by atoms with Crippen LogP contribution < -0.4 is 4.80 Å². The molecule has 128 valence electrons. The fourth-order valence-corrected chi connectivity index (χ4v) is 3.59. The molecule has 0 bridgehead atoms. The summed E-state index contributed by atoms with van der Waals surface area (Å²) in [5.74, 6) is -0.578. The summed E-state index contributed by atoms with van der Waals surface area (Å²) < 4.78 is 7.48. The molecule has 3 rings (SSSR count). The zero-order chi connectivity index (χ0) is 18.0. The van der Waals surface area contributed by atoms with Crippen molar-refractivity contribution in [3.05, 3.63) is 64.0 Å². The molecule has 6 heteroatoms. The lowest BCUT2D eigenvalue weighted by Crippen LogP contribution is -2.14. The highest BCUT2D eigenvalue weighted by Crippen LogP contribution is 2.19. The average Bonchev–Trinajstić information content (AvgIpc) is 2.91. The van der Waals surface area contributed by atoms with Crippen LogP contribution in [0.4, 0.5) is 0 Å². The van der Waals surface area contributed by atoms with Crippen molar-refractivity contribution in [1.29, 1.82) is 0 Å². The number of carbonyl (C=O) groups excluding carboxylic acids is 2. The molecule has 3 aromatic rings. The minimum absolute atomic E-state index is 0.195. The average molecular weight is 354 g/mol. The summed E-state index contributed by atoms with van der Waals surface area (Å²) in [5, 5.41) is 0. The van der Waals surface area contributed by atoms with Crippen molar-refractivity contribution in [2.45, 2.75) is 13.3 Å². The summed E-state index contributed by atoms with van der Waals surface area (Å²) in [4.78, 5) is 28.8. The van der Waals surface area contributed by atoms with Crippen LogP contribution in [0.2, 0.25) is 0 Å². The van der Waals surface area contributed by atoms with Gasteiger partial charge in [0.05, 0.1) is 29.3 Å². The normalized spacial score (nSPS) is 11.7. The molecule has 0 spiro atoms. The van der Waals surface area contributed by atoms with Crippen LogP contribution in [0.25, 0.3) is 10.2 Å². The quantitative estimate of drug-likeness (QED) is 0.679. The number of benzene rings is 2. The summed E-state index contributed by atoms with van der Waals surface area (Å²) >= 11 is 1.37. The molecule has 0 unspecified atom stereocenters. The number of esters is 1. The largest absolute Gasteiger partial charge is 0.465 e. The standard InChI is InChI=1S/C19H18N2O3S/c1-12-4-6-13(7-5-12)10-17(22)20-19-21(2)15-9-8-14(18(23)24-3)11-16(15)25-19/h4-9,11H,10H2,1-3H3. The van der Waals surface area contributed by atoms with Crippen LogP contribution in [-0.4, -0.2) is 23.6 Å². The first-order valence-corrected chi connectivity index (χ1v) is 8.60. The predicted molar refractivity (Wildman–Crippen MR) is 97.6 cm³/mol. The van der Waals surface area contributed by atoms with E-state index in [2.05, 4.69) is 4.99 Å². The van der Waals surface area contributed by atoms with Gasteiger partial charge < -0.3 is 9.30 Å². The summed E-state index contributed by atoms with van der Waals surface area (Å²) in [5.41, 5.74) is 3.50. The van der Waals surface area contributed by atoms with E-state index in [-0.39, 0.29) is 18.3 Å². The van der Waals surface area contributed by atoms with Crippen LogP contribution in [0.3, 0.4) is 0 Å². The Hall–Kier alpha value is -2.73. The highest BCUT2D eigenvalue weighted by molar-refractivity contribution is 7.16. The topological polar surface area (TPSA) is 60.7 Å². The summed E-state index contributed by atoms with van der Waals surface area (Å²) in [6.45, 7) is 2.01. The molecule has 1 heterocycles. The minimum Gasteiger partial charge on any atom is -0.465 e. The van der Waals surface area contributed by atoms with Crippen molar-refractivity contribution in [2.75, 3.05) is 7.11 Å². The van der Waals surface area contributed by atoms with Gasteiger partial charge in [-0.05, 0) is 30.7 Å². The number of aromatic nitrogens is 1. The summed E-state index contributed by atoms with van der Waals surface area (Å²) in [6, 6.07) is 13.1. The van der Waals surface area contributed by atoms with Gasteiger partial charge in [-0.2, -0.15) is 4.99 Å². The molecular formula is C19H18N2O3S. The second-order valence-electron chi connectivity index (χ2n) is 5.79. The van der Waals surface area contributed by atoms with Crippen LogP contribution in [0, 0.1) is 6.92 Å². The number of carbonyl (C=O) groups is 2. The zero-order valence-corrected chi connectivity index (χ0v) is 15.1. The molecule has 0 aliphatic rings. The number of fused-ring (bicyclic) bond motifs is 1. The summed E-state index contributed by atoms with van der Waals surface area (Å²) in [6.07, 6.45) is 0.266. The van der Waals surface area contributed by atoms with E-state index in [1.54, 1.807) is 12.1 Å². The van der Waals surface area contributed by atoms with E-state index in [1.807, 2.05) is 48.9 Å². The molecule has 0 saturated heterocycles. The van der Waals surface area contributed by atoms with Crippen molar-refractivity contribution >= 4 is 33.4 Å². The Kier molecular flexibility index (Phi) is 4.81. The lowest BCUT2D eigenvalue weighted by Gasteiger charge is -2.00. The molecule has 5 nitrogen and oxygen atoms in total. The lowest BCUT2D eigenvalue weighted by atomic mass is 10.1. The fourth-order valence-electron chi connectivity index (χ4n) is 2.51. The SMILES string of the molecule is COC(=O)c1ccc2c(c1)sc(=NC(=O)Cc1ccc(C)cc1)n2C. The highest BCUT2D eigenvalue weighted by atomic mass is 32.1. The van der Waals surface area contributed by atoms with Gasteiger partial charge in [0.15, 0.2) is 4.80 Å². The molecular weight excluding hydrogens is 336 g/mol. The van der Waals surface area contributed by atoms with E-state index in [0.29, 0.717) is 10.4 Å². The fraction of sp³-hybridized carbons (Fsp3) is 0.211. The molecule has 0 saturated carbocycles. The molecule has 0 radical (unpaired) electrons. The third-order valence-electron chi connectivity index (χ3n) is 3.93. The lowest BCUT2D eigenvalue weighted by molar-refractivity contribution is -0.117. The number of hydrogen-bond acceptors (Lipinski definition) is 4. The number of thiazole rings is 1. The summed E-state index contributed by atoms with van der Waals surface area (Å²) in [7, 11) is 3.21. The van der Waals surface area contributed by atoms with Crippen LogP contribution >= 0.6 is 11.3 Å². The van der Waals surface area contributed by atoms with Crippen LogP contribution in [-0.2, 0) is 23.0 Å². The Balaban J connectivity index is 1.92. The van der Waals surface area contributed by atoms with Crippen molar-refractivity contribution in [1.82, 2.24) is 4.57 Å². The van der Waals surface area contributed by atoms with E-state index in [9.17, 15) is 9.59 Å². The third-order valence-corrected chi connectivity index (χ3v) is 5.02. The molecule has 1 amide bonds. The smallest absolute Gasteiger partial charge is 0.337 e. The van der Waals surface area contributed by atoms with Crippen LogP contribution in [0.5, 0.6) is 0 Å². The van der Waals surface area contributed by atoms with E-state index in [1.165, 1.54) is 18.4 Å². The van der Waals surface area contributed by atoms with Gasteiger partial charge in [0.2, 0.25) is 0 Å². The van der Waals surface area contributed by atoms with Gasteiger partial charge in [-0.25, -0.2) is 4.79 Å². The number of rotatable bonds is 3. The Morgan fingerprint density at radius 2 is 1.88 bits per heavy atom. The number of nitrogens with zero attached hydrogens (tertiary/aromatic N) is 2. The molecule has 0 atom stereocenters. The van der Waals surface area contributed by atoms with Gasteiger partial charge in [0.1, 0.15) is 0 Å². The second-order valence-corrected chi connectivity index (χ2v) is 6.79. The third kappa shape index (κ3) is 3.69. The van der Waals surface area contributed by atoms with Gasteiger partial charge in [0, 0.05) is 7.05 Å². The van der Waals surface area contributed by atoms with Crippen molar-refractivity contribution in [3.8, 4) is 0 Å². The maximum atomic E-state index is 12.3. The minimum atomic E-state index is -0.383. The first-order chi connectivity index (χ1) is 12.0. The second kappa shape index (κ2) is 7.03. The maximum Gasteiger partial charge on any atom is 0.337 e. The monoisotopic (exact) mass is 354 g/mol. The Morgan fingerprint density at radius 3 is 2.56 bits per heavy atom. The molecule has 2 aromatic carbocycles. The first kappa shape index (κ1) is 17.1. The Bertz CT molecular complexity index is 1010. The molecule has 0 aliphatic carbocycles. The Labute approximate surface area is 149 Å². The van der Waals surface area contributed by atoms with Crippen LogP contribution in [0.1, 0.15) is 21.5 Å². The molecule has 1 aromatic heterocycles. The van der Waals surface area contributed by atoms with E-state index >= 15 is 0 Å². The highest BCUT2D eigenvalue weighted by Gasteiger charge is 2.10. The number of aryl methyl sites for hydroxylation is 2. The maximum absolute atomic E-state index is 12.3.